The van der Waals surface area contributed by atoms with Crippen molar-refractivity contribution < 1.29 is 13.2 Å². The van der Waals surface area contributed by atoms with Gasteiger partial charge in [-0.2, -0.15) is 4.31 Å². The number of pyridine rings is 1. The molecule has 0 bridgehead atoms. The fourth-order valence-corrected chi connectivity index (χ4v) is 5.98. The number of rotatable bonds is 6. The van der Waals surface area contributed by atoms with Crippen LogP contribution in [0.4, 0.5) is 5.69 Å². The van der Waals surface area contributed by atoms with E-state index in [1.165, 1.54) is 4.31 Å². The molecular weight excluding hydrogens is 434 g/mol. The second kappa shape index (κ2) is 9.23. The van der Waals surface area contributed by atoms with E-state index in [0.717, 1.165) is 40.7 Å². The van der Waals surface area contributed by atoms with Crippen LogP contribution in [-0.4, -0.2) is 43.2 Å². The number of sulfonamides is 1. The Kier molecular flexibility index (Phi) is 6.54. The molecule has 0 unspecified atom stereocenters. The molecule has 4 rings (SSSR count). The van der Waals surface area contributed by atoms with Crippen molar-refractivity contribution in [3.8, 4) is 0 Å². The van der Waals surface area contributed by atoms with E-state index in [4.69, 9.17) is 4.98 Å². The zero-order chi connectivity index (χ0) is 23.8. The van der Waals surface area contributed by atoms with Gasteiger partial charge in [-0.3, -0.25) is 9.78 Å². The Morgan fingerprint density at radius 3 is 2.52 bits per heavy atom. The molecule has 33 heavy (non-hydrogen) atoms. The number of amides is 1. The molecule has 0 fully saturated rings. The molecule has 1 aliphatic rings. The third-order valence-electron chi connectivity index (χ3n) is 6.32. The molecule has 0 saturated carbocycles. The van der Waals surface area contributed by atoms with E-state index in [0.29, 0.717) is 25.2 Å². The molecule has 0 atom stereocenters. The molecule has 2 aromatic carbocycles. The van der Waals surface area contributed by atoms with Crippen molar-refractivity contribution in [2.75, 3.05) is 24.5 Å². The van der Waals surface area contributed by atoms with Gasteiger partial charge in [0.2, 0.25) is 10.0 Å². The molecule has 0 saturated heterocycles. The number of para-hydroxylation sites is 1. The molecule has 0 radical (unpaired) electrons. The number of hydrogen-bond acceptors (Lipinski definition) is 4. The zero-order valence-electron chi connectivity index (χ0n) is 19.7. The Morgan fingerprint density at radius 2 is 1.82 bits per heavy atom. The zero-order valence-corrected chi connectivity index (χ0v) is 20.5. The quantitative estimate of drug-likeness (QED) is 0.515. The second-order valence-corrected chi connectivity index (χ2v) is 10.6. The molecule has 1 aromatic heterocycles. The van der Waals surface area contributed by atoms with E-state index in [1.807, 2.05) is 44.2 Å². The predicted molar refractivity (Wildman–Crippen MR) is 132 cm³/mol. The van der Waals surface area contributed by atoms with Crippen molar-refractivity contribution >= 4 is 32.5 Å². The molecule has 0 aliphatic carbocycles. The van der Waals surface area contributed by atoms with Crippen LogP contribution in [0.2, 0.25) is 0 Å². The Labute approximate surface area is 196 Å². The van der Waals surface area contributed by atoms with E-state index in [-0.39, 0.29) is 16.7 Å². The van der Waals surface area contributed by atoms with Gasteiger partial charge in [0, 0.05) is 36.4 Å². The topological polar surface area (TPSA) is 70.6 Å². The van der Waals surface area contributed by atoms with Crippen LogP contribution in [0, 0.1) is 0 Å². The molecule has 1 amide bonds. The van der Waals surface area contributed by atoms with Crippen molar-refractivity contribution in [2.24, 2.45) is 0 Å². The van der Waals surface area contributed by atoms with E-state index < -0.39 is 10.0 Å². The highest BCUT2D eigenvalue weighted by Gasteiger charge is 2.28. The fourth-order valence-electron chi connectivity index (χ4n) is 4.47. The SMILES string of the molecule is CCN(CC)S(=O)(=O)c1ccc2c(c1)CCCN2C(=O)c1cc(C(C)C)nc2ccccc12. The Balaban J connectivity index is 1.77. The molecular formula is C26H31N3O3S. The third kappa shape index (κ3) is 4.27. The summed E-state index contributed by atoms with van der Waals surface area (Å²) in [5, 5.41) is 0.833. The number of hydrogen-bond donors (Lipinski definition) is 0. The van der Waals surface area contributed by atoms with Crippen molar-refractivity contribution in [3.63, 3.8) is 0 Å². The fraction of sp³-hybridized carbons (Fsp3) is 0.385. The first-order chi connectivity index (χ1) is 15.8. The minimum atomic E-state index is -3.55. The van der Waals surface area contributed by atoms with Gasteiger partial charge >= 0.3 is 0 Å². The summed E-state index contributed by atoms with van der Waals surface area (Å²) in [5.74, 6) is 0.124. The lowest BCUT2D eigenvalue weighted by Crippen LogP contribution is -2.36. The molecule has 3 aromatic rings. The average Bonchev–Trinajstić information content (AvgIpc) is 2.82. The van der Waals surface area contributed by atoms with Gasteiger partial charge in [-0.05, 0) is 54.7 Å². The van der Waals surface area contributed by atoms with E-state index >= 15 is 0 Å². The number of aryl methyl sites for hydroxylation is 1. The van der Waals surface area contributed by atoms with Gasteiger partial charge in [0.15, 0.2) is 0 Å². The summed E-state index contributed by atoms with van der Waals surface area (Å²) in [6, 6.07) is 14.8. The first kappa shape index (κ1) is 23.4. The van der Waals surface area contributed by atoms with Gasteiger partial charge in [0.1, 0.15) is 0 Å². The maximum Gasteiger partial charge on any atom is 0.259 e. The van der Waals surface area contributed by atoms with Crippen LogP contribution < -0.4 is 4.90 Å². The monoisotopic (exact) mass is 465 g/mol. The molecule has 2 heterocycles. The number of carbonyl (C=O) groups is 1. The number of carbonyl (C=O) groups excluding carboxylic acids is 1. The van der Waals surface area contributed by atoms with E-state index in [9.17, 15) is 13.2 Å². The number of aromatic nitrogens is 1. The predicted octanol–water partition coefficient (Wildman–Crippen LogP) is 4.98. The molecule has 6 nitrogen and oxygen atoms in total. The second-order valence-electron chi connectivity index (χ2n) is 8.71. The first-order valence-corrected chi connectivity index (χ1v) is 13.1. The summed E-state index contributed by atoms with van der Waals surface area (Å²) in [5.41, 5.74) is 4.01. The first-order valence-electron chi connectivity index (χ1n) is 11.6. The van der Waals surface area contributed by atoms with Crippen molar-refractivity contribution in [1.82, 2.24) is 9.29 Å². The van der Waals surface area contributed by atoms with Crippen LogP contribution in [0.15, 0.2) is 53.4 Å². The minimum Gasteiger partial charge on any atom is -0.308 e. The average molecular weight is 466 g/mol. The number of benzene rings is 2. The maximum absolute atomic E-state index is 13.8. The van der Waals surface area contributed by atoms with Gasteiger partial charge in [0.05, 0.1) is 16.0 Å². The maximum atomic E-state index is 13.8. The highest BCUT2D eigenvalue weighted by atomic mass is 32.2. The van der Waals surface area contributed by atoms with E-state index in [2.05, 4.69) is 13.8 Å². The van der Waals surface area contributed by atoms with Crippen molar-refractivity contribution in [3.05, 3.63) is 65.4 Å². The van der Waals surface area contributed by atoms with Crippen LogP contribution >= 0.6 is 0 Å². The number of anilines is 1. The van der Waals surface area contributed by atoms with Crippen LogP contribution in [0.1, 0.15) is 61.6 Å². The van der Waals surface area contributed by atoms with Gasteiger partial charge in [0.25, 0.3) is 5.91 Å². The van der Waals surface area contributed by atoms with Crippen LogP contribution in [0.3, 0.4) is 0 Å². The summed E-state index contributed by atoms with van der Waals surface area (Å²) in [4.78, 5) is 20.6. The van der Waals surface area contributed by atoms with Gasteiger partial charge in [-0.1, -0.05) is 45.9 Å². The smallest absolute Gasteiger partial charge is 0.259 e. The lowest BCUT2D eigenvalue weighted by molar-refractivity contribution is 0.0986. The van der Waals surface area contributed by atoms with Crippen molar-refractivity contribution in [1.29, 1.82) is 0 Å². The largest absolute Gasteiger partial charge is 0.308 e. The van der Waals surface area contributed by atoms with Gasteiger partial charge in [-0.25, -0.2) is 8.42 Å². The van der Waals surface area contributed by atoms with E-state index in [1.54, 1.807) is 23.1 Å². The highest BCUT2D eigenvalue weighted by Crippen LogP contribution is 2.33. The molecule has 0 spiro atoms. The summed E-state index contributed by atoms with van der Waals surface area (Å²) in [6.45, 7) is 9.26. The van der Waals surface area contributed by atoms with Crippen LogP contribution in [0.5, 0.6) is 0 Å². The number of fused-ring (bicyclic) bond motifs is 2. The van der Waals surface area contributed by atoms with Crippen LogP contribution in [0.25, 0.3) is 10.9 Å². The normalized spacial score (nSPS) is 14.2. The summed E-state index contributed by atoms with van der Waals surface area (Å²) < 4.78 is 27.5. The highest BCUT2D eigenvalue weighted by molar-refractivity contribution is 7.89. The van der Waals surface area contributed by atoms with Gasteiger partial charge < -0.3 is 4.90 Å². The Bertz CT molecular complexity index is 1300. The minimum absolute atomic E-state index is 0.0733. The Morgan fingerprint density at radius 1 is 1.09 bits per heavy atom. The third-order valence-corrected chi connectivity index (χ3v) is 8.36. The molecule has 1 aliphatic heterocycles. The van der Waals surface area contributed by atoms with Crippen molar-refractivity contribution in [2.45, 2.75) is 51.3 Å². The summed E-state index contributed by atoms with van der Waals surface area (Å²) in [7, 11) is -3.55. The molecule has 7 heteroatoms. The summed E-state index contributed by atoms with van der Waals surface area (Å²) >= 11 is 0. The lowest BCUT2D eigenvalue weighted by atomic mass is 9.98. The lowest BCUT2D eigenvalue weighted by Gasteiger charge is -2.31. The standard InChI is InChI=1S/C26H31N3O3S/c1-5-28(6-2)33(31,32)20-13-14-25-19(16-20)10-9-15-29(25)26(30)22-17-24(18(3)4)27-23-12-8-7-11-21(22)23/h7-8,11-14,16-18H,5-6,9-10,15H2,1-4H3. The Hall–Kier alpha value is -2.77. The molecule has 174 valence electrons. The van der Waals surface area contributed by atoms with Gasteiger partial charge in [-0.15, -0.1) is 0 Å². The number of nitrogens with zero attached hydrogens (tertiary/aromatic N) is 3. The summed E-state index contributed by atoms with van der Waals surface area (Å²) in [6.07, 6.45) is 1.53. The molecule has 0 N–H and O–H groups in total. The van der Waals surface area contributed by atoms with Crippen LogP contribution in [-0.2, 0) is 16.4 Å².